The average Bonchev–Trinajstić information content (AvgIpc) is 3.17. The van der Waals surface area contributed by atoms with Gasteiger partial charge in [-0.25, -0.2) is 14.6 Å². The van der Waals surface area contributed by atoms with Gasteiger partial charge in [0.05, 0.1) is 41.6 Å². The summed E-state index contributed by atoms with van der Waals surface area (Å²) in [6.07, 6.45) is 5.47. The van der Waals surface area contributed by atoms with Gasteiger partial charge in [-0.1, -0.05) is 66.0 Å². The first kappa shape index (κ1) is 23.1. The molecule has 1 aromatic heterocycles. The van der Waals surface area contributed by atoms with E-state index in [9.17, 15) is 14.4 Å². The van der Waals surface area contributed by atoms with Gasteiger partial charge in [0, 0.05) is 0 Å². The van der Waals surface area contributed by atoms with E-state index in [2.05, 4.69) is 4.99 Å². The number of rotatable bonds is 5. The number of ether oxygens (including phenoxy) is 2. The molecular weight excluding hydrogens is 452 g/mol. The van der Waals surface area contributed by atoms with E-state index >= 15 is 0 Å². The standard InChI is InChI=1S/C26H22N2O5S/c1-16-21(25(31)33-3)22(18-12-14-19(15-13-18)24(30)32-2)28-23(29)20(34-26(28)27-16)11-7-10-17-8-5-4-6-9-17/h4-15,22H,1-3H3. The molecule has 0 saturated carbocycles. The van der Waals surface area contributed by atoms with Gasteiger partial charge in [-0.15, -0.1) is 0 Å². The van der Waals surface area contributed by atoms with Crippen molar-refractivity contribution in [3.63, 3.8) is 0 Å². The van der Waals surface area contributed by atoms with Crippen molar-refractivity contribution < 1.29 is 19.1 Å². The van der Waals surface area contributed by atoms with E-state index in [4.69, 9.17) is 9.47 Å². The largest absolute Gasteiger partial charge is 0.466 e. The van der Waals surface area contributed by atoms with Crippen LogP contribution in [0.5, 0.6) is 0 Å². The highest BCUT2D eigenvalue weighted by atomic mass is 32.1. The van der Waals surface area contributed by atoms with E-state index in [1.165, 1.54) is 30.1 Å². The average molecular weight is 475 g/mol. The molecular formula is C26H22N2O5S. The lowest BCUT2D eigenvalue weighted by molar-refractivity contribution is -0.136. The molecule has 34 heavy (non-hydrogen) atoms. The zero-order valence-electron chi connectivity index (χ0n) is 18.8. The normalized spacial score (nSPS) is 15.7. The predicted octanol–water partition coefficient (Wildman–Crippen LogP) is 2.86. The minimum absolute atomic E-state index is 0.266. The van der Waals surface area contributed by atoms with Crippen LogP contribution in [0.3, 0.4) is 0 Å². The first-order valence-electron chi connectivity index (χ1n) is 10.5. The van der Waals surface area contributed by atoms with Crippen molar-refractivity contribution in [1.82, 2.24) is 4.57 Å². The topological polar surface area (TPSA) is 87.0 Å². The molecule has 3 aromatic rings. The Morgan fingerprint density at radius 1 is 1.00 bits per heavy atom. The Labute approximate surface area is 199 Å². The molecule has 1 unspecified atom stereocenters. The summed E-state index contributed by atoms with van der Waals surface area (Å²) in [5.41, 5.74) is 2.50. The number of allylic oxidation sites excluding steroid dienone is 2. The summed E-state index contributed by atoms with van der Waals surface area (Å²) in [4.78, 5) is 43.0. The zero-order chi connectivity index (χ0) is 24.2. The van der Waals surface area contributed by atoms with Gasteiger partial charge in [-0.05, 0) is 36.3 Å². The molecule has 1 aliphatic heterocycles. The van der Waals surface area contributed by atoms with Crippen molar-refractivity contribution in [2.75, 3.05) is 14.2 Å². The van der Waals surface area contributed by atoms with E-state index in [0.29, 0.717) is 26.2 Å². The summed E-state index contributed by atoms with van der Waals surface area (Å²) in [6.45, 7) is 1.72. The van der Waals surface area contributed by atoms with E-state index in [-0.39, 0.29) is 11.1 Å². The molecule has 0 aliphatic carbocycles. The van der Waals surface area contributed by atoms with E-state index < -0.39 is 18.0 Å². The first-order valence-corrected chi connectivity index (χ1v) is 11.3. The van der Waals surface area contributed by atoms with Crippen LogP contribution in [0, 0.1) is 0 Å². The van der Waals surface area contributed by atoms with Crippen LogP contribution in [0.1, 0.15) is 34.5 Å². The zero-order valence-corrected chi connectivity index (χ0v) is 19.7. The van der Waals surface area contributed by atoms with Crippen molar-refractivity contribution in [1.29, 1.82) is 0 Å². The Hall–Kier alpha value is -4.04. The maximum atomic E-state index is 13.4. The van der Waals surface area contributed by atoms with Gasteiger partial charge < -0.3 is 9.47 Å². The molecule has 1 atom stereocenters. The van der Waals surface area contributed by atoms with Crippen LogP contribution < -0.4 is 14.9 Å². The van der Waals surface area contributed by atoms with Gasteiger partial charge in [-0.3, -0.25) is 9.36 Å². The van der Waals surface area contributed by atoms with Crippen molar-refractivity contribution in [3.8, 4) is 0 Å². The summed E-state index contributed by atoms with van der Waals surface area (Å²) >= 11 is 1.25. The second-order valence-corrected chi connectivity index (χ2v) is 8.49. The molecule has 8 heteroatoms. The number of aromatic nitrogens is 1. The van der Waals surface area contributed by atoms with Gasteiger partial charge in [-0.2, -0.15) is 0 Å². The van der Waals surface area contributed by atoms with E-state index in [0.717, 1.165) is 5.56 Å². The SMILES string of the molecule is COC(=O)C1=C(C)N=c2sc(=CC=Cc3ccccc3)c(=O)n2C1c1ccc(C(=O)OC)cc1. The lowest BCUT2D eigenvalue weighted by Crippen LogP contribution is -2.39. The quantitative estimate of drug-likeness (QED) is 0.531. The molecule has 2 heterocycles. The lowest BCUT2D eigenvalue weighted by atomic mass is 9.95. The van der Waals surface area contributed by atoms with Crippen molar-refractivity contribution in [2.24, 2.45) is 4.99 Å². The second kappa shape index (κ2) is 9.84. The van der Waals surface area contributed by atoms with Crippen molar-refractivity contribution >= 4 is 35.4 Å². The monoisotopic (exact) mass is 474 g/mol. The third kappa shape index (κ3) is 4.40. The Bertz CT molecular complexity index is 1480. The molecule has 0 saturated heterocycles. The van der Waals surface area contributed by atoms with Crippen LogP contribution in [0.2, 0.25) is 0 Å². The minimum Gasteiger partial charge on any atom is -0.466 e. The van der Waals surface area contributed by atoms with Crippen LogP contribution in [-0.4, -0.2) is 30.7 Å². The van der Waals surface area contributed by atoms with Crippen molar-refractivity contribution in [3.05, 3.63) is 108 Å². The third-order valence-electron chi connectivity index (χ3n) is 5.41. The fourth-order valence-corrected chi connectivity index (χ4v) is 4.75. The number of fused-ring (bicyclic) bond motifs is 1. The molecule has 4 rings (SSSR count). The summed E-state index contributed by atoms with van der Waals surface area (Å²) in [5, 5.41) is 0. The smallest absolute Gasteiger partial charge is 0.338 e. The van der Waals surface area contributed by atoms with Crippen LogP contribution in [0.4, 0.5) is 0 Å². The third-order valence-corrected chi connectivity index (χ3v) is 6.41. The molecule has 0 N–H and O–H groups in total. The van der Waals surface area contributed by atoms with Crippen LogP contribution in [-0.2, 0) is 14.3 Å². The van der Waals surface area contributed by atoms with Gasteiger partial charge in [0.25, 0.3) is 5.56 Å². The Morgan fingerprint density at radius 3 is 2.32 bits per heavy atom. The number of carbonyl (C=O) groups is 2. The van der Waals surface area contributed by atoms with Crippen LogP contribution >= 0.6 is 11.3 Å². The fraction of sp³-hybridized carbons (Fsp3) is 0.154. The van der Waals surface area contributed by atoms with Crippen LogP contribution in [0.25, 0.3) is 12.2 Å². The van der Waals surface area contributed by atoms with Crippen LogP contribution in [0.15, 0.2) is 81.7 Å². The highest BCUT2D eigenvalue weighted by Gasteiger charge is 2.33. The van der Waals surface area contributed by atoms with E-state index in [1.807, 2.05) is 42.5 Å². The second-order valence-electron chi connectivity index (χ2n) is 7.48. The highest BCUT2D eigenvalue weighted by molar-refractivity contribution is 7.07. The van der Waals surface area contributed by atoms with Crippen molar-refractivity contribution in [2.45, 2.75) is 13.0 Å². The molecule has 0 fully saturated rings. The summed E-state index contributed by atoms with van der Waals surface area (Å²) in [6, 6.07) is 15.6. The first-order chi connectivity index (χ1) is 16.4. The highest BCUT2D eigenvalue weighted by Crippen LogP contribution is 2.30. The van der Waals surface area contributed by atoms with E-state index in [1.54, 1.807) is 37.3 Å². The molecule has 0 spiro atoms. The molecule has 0 bridgehead atoms. The van der Waals surface area contributed by atoms with Gasteiger partial charge >= 0.3 is 11.9 Å². The van der Waals surface area contributed by atoms with Gasteiger partial charge in [0.2, 0.25) is 0 Å². The number of esters is 2. The number of methoxy groups -OCH3 is 2. The molecule has 2 aromatic carbocycles. The fourth-order valence-electron chi connectivity index (χ4n) is 3.75. The van der Waals surface area contributed by atoms with Gasteiger partial charge in [0.15, 0.2) is 4.80 Å². The number of hydrogen-bond acceptors (Lipinski definition) is 7. The number of thiazole rings is 1. The maximum absolute atomic E-state index is 13.4. The maximum Gasteiger partial charge on any atom is 0.338 e. The summed E-state index contributed by atoms with van der Waals surface area (Å²) in [7, 11) is 2.60. The molecule has 7 nitrogen and oxygen atoms in total. The molecule has 0 amide bonds. The Balaban J connectivity index is 1.84. The van der Waals surface area contributed by atoms with Gasteiger partial charge in [0.1, 0.15) is 0 Å². The predicted molar refractivity (Wildman–Crippen MR) is 130 cm³/mol. The number of hydrogen-bond donors (Lipinski definition) is 0. The molecule has 172 valence electrons. The Kier molecular flexibility index (Phi) is 6.70. The summed E-state index contributed by atoms with van der Waals surface area (Å²) < 4.78 is 11.8. The summed E-state index contributed by atoms with van der Waals surface area (Å²) in [5.74, 6) is -1.04. The number of carbonyl (C=O) groups excluding carboxylic acids is 2. The Morgan fingerprint density at radius 2 is 1.68 bits per heavy atom. The number of benzene rings is 2. The lowest BCUT2D eigenvalue weighted by Gasteiger charge is -2.24. The molecule has 0 radical (unpaired) electrons. The number of nitrogens with zero attached hydrogens (tertiary/aromatic N) is 2. The minimum atomic E-state index is -0.740. The molecule has 1 aliphatic rings.